The number of nitrogens with two attached hydrogens (primary N) is 1. The van der Waals surface area contributed by atoms with E-state index in [-0.39, 0.29) is 0 Å². The highest BCUT2D eigenvalue weighted by Crippen LogP contribution is 2.21. The van der Waals surface area contributed by atoms with Crippen LogP contribution in [0.15, 0.2) is 22.7 Å². The molecule has 1 heterocycles. The van der Waals surface area contributed by atoms with Crippen molar-refractivity contribution in [2.45, 2.75) is 39.0 Å². The average molecular weight is 327 g/mol. The van der Waals surface area contributed by atoms with E-state index in [0.29, 0.717) is 12.6 Å². The van der Waals surface area contributed by atoms with E-state index < -0.39 is 0 Å². The lowest BCUT2D eigenvalue weighted by molar-refractivity contribution is 0.0724. The number of hydrogen-bond donors (Lipinski definition) is 1. The van der Waals surface area contributed by atoms with Gasteiger partial charge in [-0.05, 0) is 36.6 Å². The Morgan fingerprint density at radius 1 is 1.47 bits per heavy atom. The minimum absolute atomic E-state index is 0.419. The number of ether oxygens (including phenoxy) is 1. The Morgan fingerprint density at radius 2 is 2.32 bits per heavy atom. The molecule has 19 heavy (non-hydrogen) atoms. The molecule has 2 N–H and O–H groups in total. The Labute approximate surface area is 124 Å². The molecule has 0 aromatic heterocycles. The van der Waals surface area contributed by atoms with Crippen molar-refractivity contribution < 1.29 is 4.74 Å². The second-order valence-corrected chi connectivity index (χ2v) is 5.95. The summed E-state index contributed by atoms with van der Waals surface area (Å²) in [6.07, 6.45) is 2.82. The van der Waals surface area contributed by atoms with Crippen LogP contribution in [-0.2, 0) is 17.8 Å². The fourth-order valence-corrected chi connectivity index (χ4v) is 3.02. The molecule has 3 nitrogen and oxygen atoms in total. The molecule has 1 aliphatic heterocycles. The second-order valence-electron chi connectivity index (χ2n) is 5.09. The lowest BCUT2D eigenvalue weighted by Gasteiger charge is -2.24. The molecule has 0 spiro atoms. The molecule has 106 valence electrons. The van der Waals surface area contributed by atoms with Gasteiger partial charge in [0.25, 0.3) is 0 Å². The third kappa shape index (κ3) is 4.28. The minimum atomic E-state index is 0.419. The van der Waals surface area contributed by atoms with Gasteiger partial charge in [-0.15, -0.1) is 0 Å². The molecule has 0 radical (unpaired) electrons. The third-order valence-corrected chi connectivity index (χ3v) is 4.42. The quantitative estimate of drug-likeness (QED) is 0.873. The van der Waals surface area contributed by atoms with Gasteiger partial charge in [0.1, 0.15) is 0 Å². The summed E-state index contributed by atoms with van der Waals surface area (Å²) in [7, 11) is 0. The smallest absolute Gasteiger partial charge is 0.0702 e. The van der Waals surface area contributed by atoms with Crippen LogP contribution in [0.4, 0.5) is 0 Å². The van der Waals surface area contributed by atoms with Gasteiger partial charge in [-0.3, -0.25) is 4.90 Å². The maximum Gasteiger partial charge on any atom is 0.0702 e. The summed E-state index contributed by atoms with van der Waals surface area (Å²) < 4.78 is 6.87. The van der Waals surface area contributed by atoms with Crippen molar-refractivity contribution in [1.82, 2.24) is 4.90 Å². The molecule has 0 bridgehead atoms. The molecule has 1 saturated heterocycles. The molecule has 0 aliphatic carbocycles. The van der Waals surface area contributed by atoms with E-state index in [1.807, 2.05) is 0 Å². The highest BCUT2D eigenvalue weighted by Gasteiger charge is 2.18. The van der Waals surface area contributed by atoms with Gasteiger partial charge in [0.15, 0.2) is 0 Å². The Balaban J connectivity index is 1.96. The van der Waals surface area contributed by atoms with Crippen LogP contribution < -0.4 is 5.73 Å². The van der Waals surface area contributed by atoms with E-state index >= 15 is 0 Å². The Bertz CT molecular complexity index is 405. The van der Waals surface area contributed by atoms with E-state index in [4.69, 9.17) is 10.5 Å². The third-order valence-electron chi connectivity index (χ3n) is 3.68. The fourth-order valence-electron chi connectivity index (χ4n) is 2.47. The van der Waals surface area contributed by atoms with E-state index in [0.717, 1.165) is 36.3 Å². The zero-order valence-corrected chi connectivity index (χ0v) is 13.2. The van der Waals surface area contributed by atoms with Crippen LogP contribution in [0.25, 0.3) is 0 Å². The van der Waals surface area contributed by atoms with Gasteiger partial charge in [0, 0.05) is 30.7 Å². The number of hydrogen-bond acceptors (Lipinski definition) is 3. The number of rotatable bonds is 6. The normalized spacial score (nSPS) is 19.3. The van der Waals surface area contributed by atoms with Gasteiger partial charge in [-0.25, -0.2) is 0 Å². The zero-order valence-electron chi connectivity index (χ0n) is 11.6. The van der Waals surface area contributed by atoms with E-state index in [1.54, 1.807) is 0 Å². The van der Waals surface area contributed by atoms with E-state index in [1.165, 1.54) is 18.4 Å². The van der Waals surface area contributed by atoms with Crippen LogP contribution in [0.1, 0.15) is 30.9 Å². The summed E-state index contributed by atoms with van der Waals surface area (Å²) in [5.74, 6) is 0. The van der Waals surface area contributed by atoms with Gasteiger partial charge in [-0.2, -0.15) is 0 Å². The van der Waals surface area contributed by atoms with Crippen molar-refractivity contribution in [3.05, 3.63) is 33.8 Å². The Kier molecular flexibility index (Phi) is 5.82. The van der Waals surface area contributed by atoms with Crippen LogP contribution >= 0.6 is 15.9 Å². The van der Waals surface area contributed by atoms with Crippen LogP contribution in [0.3, 0.4) is 0 Å². The summed E-state index contributed by atoms with van der Waals surface area (Å²) in [6.45, 7) is 6.76. The topological polar surface area (TPSA) is 38.5 Å². The molecule has 2 rings (SSSR count). The molecule has 1 aliphatic rings. The van der Waals surface area contributed by atoms with Crippen LogP contribution in [0.2, 0.25) is 0 Å². The summed E-state index contributed by atoms with van der Waals surface area (Å²) in [6, 6.07) is 6.40. The summed E-state index contributed by atoms with van der Waals surface area (Å²) >= 11 is 3.64. The molecule has 1 aromatic rings. The first kappa shape index (κ1) is 15.0. The summed E-state index contributed by atoms with van der Waals surface area (Å²) in [5.41, 5.74) is 8.14. The van der Waals surface area contributed by atoms with Gasteiger partial charge in [-0.1, -0.05) is 35.0 Å². The molecule has 1 unspecified atom stereocenters. The first-order valence-corrected chi connectivity index (χ1v) is 7.83. The lowest BCUT2D eigenvalue weighted by Crippen LogP contribution is -2.31. The first-order chi connectivity index (χ1) is 9.22. The second kappa shape index (κ2) is 7.39. The van der Waals surface area contributed by atoms with Crippen molar-refractivity contribution >= 4 is 15.9 Å². The predicted octanol–water partition coefficient (Wildman–Crippen LogP) is 2.91. The SMILES string of the molecule is CCN(Cc1ccc(CN)cc1Br)CC1CCCO1. The van der Waals surface area contributed by atoms with E-state index in [9.17, 15) is 0 Å². The largest absolute Gasteiger partial charge is 0.377 e. The van der Waals surface area contributed by atoms with Crippen LogP contribution in [0, 0.1) is 0 Å². The van der Waals surface area contributed by atoms with Crippen molar-refractivity contribution in [2.24, 2.45) is 5.73 Å². The molecule has 1 aromatic carbocycles. The monoisotopic (exact) mass is 326 g/mol. The summed E-state index contributed by atoms with van der Waals surface area (Å²) in [5, 5.41) is 0. The van der Waals surface area contributed by atoms with Gasteiger partial charge in [0.05, 0.1) is 6.10 Å². The average Bonchev–Trinajstić information content (AvgIpc) is 2.92. The van der Waals surface area contributed by atoms with Crippen molar-refractivity contribution in [2.75, 3.05) is 19.7 Å². The zero-order chi connectivity index (χ0) is 13.7. The van der Waals surface area contributed by atoms with Crippen molar-refractivity contribution in [1.29, 1.82) is 0 Å². The molecule has 4 heteroatoms. The first-order valence-electron chi connectivity index (χ1n) is 7.04. The Hall–Kier alpha value is -0.420. The molecule has 1 fully saturated rings. The minimum Gasteiger partial charge on any atom is -0.377 e. The molecule has 0 saturated carbocycles. The van der Waals surface area contributed by atoms with Crippen molar-refractivity contribution in [3.8, 4) is 0 Å². The number of benzene rings is 1. The highest BCUT2D eigenvalue weighted by molar-refractivity contribution is 9.10. The van der Waals surface area contributed by atoms with Gasteiger partial charge >= 0.3 is 0 Å². The van der Waals surface area contributed by atoms with Gasteiger partial charge in [0.2, 0.25) is 0 Å². The van der Waals surface area contributed by atoms with Crippen molar-refractivity contribution in [3.63, 3.8) is 0 Å². The van der Waals surface area contributed by atoms with Crippen LogP contribution in [0.5, 0.6) is 0 Å². The lowest BCUT2D eigenvalue weighted by atomic mass is 10.1. The number of likely N-dealkylation sites (N-methyl/N-ethyl adjacent to an activating group) is 1. The number of halogens is 1. The van der Waals surface area contributed by atoms with E-state index in [2.05, 4.69) is 46.0 Å². The molecule has 1 atom stereocenters. The molecule has 0 amide bonds. The van der Waals surface area contributed by atoms with Gasteiger partial charge < -0.3 is 10.5 Å². The predicted molar refractivity (Wildman–Crippen MR) is 82.0 cm³/mol. The number of nitrogens with zero attached hydrogens (tertiary/aromatic N) is 1. The molecular weight excluding hydrogens is 304 g/mol. The highest BCUT2D eigenvalue weighted by atomic mass is 79.9. The maximum atomic E-state index is 5.72. The maximum absolute atomic E-state index is 5.72. The molecular formula is C15H23BrN2O. The van der Waals surface area contributed by atoms with Crippen LogP contribution in [-0.4, -0.2) is 30.7 Å². The Morgan fingerprint density at radius 3 is 2.89 bits per heavy atom. The fraction of sp³-hybridized carbons (Fsp3) is 0.600. The standard InChI is InChI=1S/C15H23BrN2O/c1-2-18(11-14-4-3-7-19-14)10-13-6-5-12(9-17)8-15(13)16/h5-6,8,14H,2-4,7,9-11,17H2,1H3. The summed E-state index contributed by atoms with van der Waals surface area (Å²) in [4.78, 5) is 2.44.